The summed E-state index contributed by atoms with van der Waals surface area (Å²) in [4.78, 5) is 27.3. The van der Waals surface area contributed by atoms with Gasteiger partial charge in [-0.3, -0.25) is 4.79 Å². The lowest BCUT2D eigenvalue weighted by atomic mass is 9.83. The van der Waals surface area contributed by atoms with Gasteiger partial charge in [0, 0.05) is 25.6 Å². The zero-order chi connectivity index (χ0) is 20.6. The fraction of sp³-hybridized carbons (Fsp3) is 0.478. The first kappa shape index (κ1) is 21.0. The molecule has 1 saturated heterocycles. The lowest BCUT2D eigenvalue weighted by molar-refractivity contribution is -0.126. The molecule has 0 aliphatic carbocycles. The summed E-state index contributed by atoms with van der Waals surface area (Å²) >= 11 is 0. The zero-order valence-electron chi connectivity index (χ0n) is 17.3. The van der Waals surface area contributed by atoms with Crippen molar-refractivity contribution >= 4 is 11.9 Å². The normalized spacial score (nSPS) is 19.0. The Morgan fingerprint density at radius 3 is 2.76 bits per heavy atom. The van der Waals surface area contributed by atoms with Gasteiger partial charge in [-0.15, -0.1) is 0 Å². The van der Waals surface area contributed by atoms with Gasteiger partial charge in [0.2, 0.25) is 5.91 Å². The largest absolute Gasteiger partial charge is 0.467 e. The lowest BCUT2D eigenvalue weighted by Gasteiger charge is -2.37. The van der Waals surface area contributed by atoms with E-state index in [4.69, 9.17) is 4.42 Å². The van der Waals surface area contributed by atoms with Crippen LogP contribution >= 0.6 is 0 Å². The molecule has 0 bridgehead atoms. The van der Waals surface area contributed by atoms with Crippen LogP contribution in [0.25, 0.3) is 0 Å². The van der Waals surface area contributed by atoms with E-state index in [1.807, 2.05) is 12.1 Å². The molecule has 2 N–H and O–H groups in total. The maximum absolute atomic E-state index is 12.9. The molecule has 1 aliphatic rings. The quantitative estimate of drug-likeness (QED) is 0.698. The summed E-state index contributed by atoms with van der Waals surface area (Å²) in [5.41, 5.74) is 2.37. The molecule has 3 amide bonds. The van der Waals surface area contributed by atoms with E-state index >= 15 is 0 Å². The molecule has 2 heterocycles. The van der Waals surface area contributed by atoms with Crippen molar-refractivity contribution in [3.05, 3.63) is 59.5 Å². The summed E-state index contributed by atoms with van der Waals surface area (Å²) in [6, 6.07) is 11.9. The standard InChI is InChI=1S/C23H31N3O3/c1-3-4-10-24-23(28)26-15-19(18-8-5-7-17(2)12-18)13-20(16-26)22(27)25-14-21-9-6-11-29-21/h5-9,11-12,19-20H,3-4,10,13-16H2,1-2H3,(H,24,28)(H,25,27). The van der Waals surface area contributed by atoms with Crippen LogP contribution in [0.15, 0.2) is 47.1 Å². The molecule has 2 unspecified atom stereocenters. The van der Waals surface area contributed by atoms with Crippen molar-refractivity contribution in [2.75, 3.05) is 19.6 Å². The molecule has 29 heavy (non-hydrogen) atoms. The maximum Gasteiger partial charge on any atom is 0.317 e. The number of unbranched alkanes of at least 4 members (excludes halogenated alkanes) is 1. The van der Waals surface area contributed by atoms with Crippen molar-refractivity contribution in [3.63, 3.8) is 0 Å². The first-order chi connectivity index (χ1) is 14.1. The van der Waals surface area contributed by atoms with Crippen molar-refractivity contribution < 1.29 is 14.0 Å². The van der Waals surface area contributed by atoms with Gasteiger partial charge >= 0.3 is 6.03 Å². The first-order valence-electron chi connectivity index (χ1n) is 10.5. The van der Waals surface area contributed by atoms with Crippen molar-refractivity contribution in [2.24, 2.45) is 5.92 Å². The molecule has 1 fully saturated rings. The number of amides is 3. The molecule has 1 aliphatic heterocycles. The van der Waals surface area contributed by atoms with Crippen LogP contribution in [0.1, 0.15) is 49.0 Å². The van der Waals surface area contributed by atoms with Gasteiger partial charge in [-0.1, -0.05) is 43.2 Å². The third-order valence-electron chi connectivity index (χ3n) is 5.45. The van der Waals surface area contributed by atoms with Gasteiger partial charge in [0.1, 0.15) is 5.76 Å². The summed E-state index contributed by atoms with van der Waals surface area (Å²) in [7, 11) is 0. The average molecular weight is 398 g/mol. The molecule has 0 saturated carbocycles. The molecular weight excluding hydrogens is 366 g/mol. The molecule has 6 nitrogen and oxygen atoms in total. The Kier molecular flexibility index (Phi) is 7.33. The second kappa shape index (κ2) is 10.1. The topological polar surface area (TPSA) is 74.6 Å². The Hall–Kier alpha value is -2.76. The highest BCUT2D eigenvalue weighted by molar-refractivity contribution is 5.81. The Morgan fingerprint density at radius 2 is 2.03 bits per heavy atom. The Morgan fingerprint density at radius 1 is 1.17 bits per heavy atom. The van der Waals surface area contributed by atoms with E-state index in [1.165, 1.54) is 11.1 Å². The number of piperidine rings is 1. The number of hydrogen-bond donors (Lipinski definition) is 2. The summed E-state index contributed by atoms with van der Waals surface area (Å²) < 4.78 is 5.30. The summed E-state index contributed by atoms with van der Waals surface area (Å²) in [5.74, 6) is 0.574. The van der Waals surface area contributed by atoms with Gasteiger partial charge in [-0.05, 0) is 37.5 Å². The second-order valence-corrected chi connectivity index (χ2v) is 7.83. The number of aryl methyl sites for hydroxylation is 1. The SMILES string of the molecule is CCCCNC(=O)N1CC(C(=O)NCc2ccco2)CC(c2cccc(C)c2)C1. The highest BCUT2D eigenvalue weighted by Crippen LogP contribution is 2.31. The van der Waals surface area contributed by atoms with E-state index in [9.17, 15) is 9.59 Å². The van der Waals surface area contributed by atoms with Crippen LogP contribution in [0.2, 0.25) is 0 Å². The van der Waals surface area contributed by atoms with Gasteiger partial charge in [0.15, 0.2) is 0 Å². The van der Waals surface area contributed by atoms with Gasteiger partial charge < -0.3 is 20.0 Å². The predicted octanol–water partition coefficient (Wildman–Crippen LogP) is 3.82. The molecule has 1 aromatic carbocycles. The van der Waals surface area contributed by atoms with Crippen molar-refractivity contribution in [1.29, 1.82) is 0 Å². The van der Waals surface area contributed by atoms with Gasteiger partial charge in [-0.25, -0.2) is 4.79 Å². The monoisotopic (exact) mass is 397 g/mol. The predicted molar refractivity (Wildman–Crippen MR) is 112 cm³/mol. The number of rotatable bonds is 7. The number of likely N-dealkylation sites (tertiary alicyclic amines) is 1. The minimum Gasteiger partial charge on any atom is -0.467 e. The van der Waals surface area contributed by atoms with Gasteiger partial charge in [-0.2, -0.15) is 0 Å². The van der Waals surface area contributed by atoms with Crippen molar-refractivity contribution in [1.82, 2.24) is 15.5 Å². The van der Waals surface area contributed by atoms with E-state index in [-0.39, 0.29) is 23.8 Å². The molecule has 0 spiro atoms. The Bertz CT molecular complexity index is 803. The number of nitrogens with zero attached hydrogens (tertiary/aromatic N) is 1. The third kappa shape index (κ3) is 5.86. The van der Waals surface area contributed by atoms with E-state index < -0.39 is 0 Å². The molecule has 0 radical (unpaired) electrons. The summed E-state index contributed by atoms with van der Waals surface area (Å²) in [6.45, 7) is 6.25. The number of furan rings is 1. The molecule has 3 rings (SSSR count). The van der Waals surface area contributed by atoms with Gasteiger partial charge in [0.05, 0.1) is 18.7 Å². The molecule has 156 valence electrons. The number of nitrogens with one attached hydrogen (secondary N) is 2. The zero-order valence-corrected chi connectivity index (χ0v) is 17.3. The van der Waals surface area contributed by atoms with Crippen molar-refractivity contribution in [3.8, 4) is 0 Å². The second-order valence-electron chi connectivity index (χ2n) is 7.83. The highest BCUT2D eigenvalue weighted by Gasteiger charge is 2.34. The van der Waals surface area contributed by atoms with Crippen LogP contribution in [0, 0.1) is 12.8 Å². The van der Waals surface area contributed by atoms with Crippen LogP contribution in [-0.4, -0.2) is 36.5 Å². The molecule has 2 aromatic rings. The van der Waals surface area contributed by atoms with E-state index in [2.05, 4.69) is 42.7 Å². The first-order valence-corrected chi connectivity index (χ1v) is 10.5. The molecule has 2 atom stereocenters. The summed E-state index contributed by atoms with van der Waals surface area (Å²) in [6.07, 6.45) is 4.31. The van der Waals surface area contributed by atoms with Crippen LogP contribution in [0.5, 0.6) is 0 Å². The smallest absolute Gasteiger partial charge is 0.317 e. The molecule has 1 aromatic heterocycles. The fourth-order valence-corrected chi connectivity index (χ4v) is 3.84. The minimum absolute atomic E-state index is 0.0369. The van der Waals surface area contributed by atoms with Crippen LogP contribution in [0.3, 0.4) is 0 Å². The molecule has 6 heteroatoms. The third-order valence-corrected chi connectivity index (χ3v) is 5.45. The van der Waals surface area contributed by atoms with Crippen LogP contribution in [0.4, 0.5) is 4.79 Å². The molecular formula is C23H31N3O3. The average Bonchev–Trinajstić information content (AvgIpc) is 3.25. The number of carbonyl (C=O) groups excluding carboxylic acids is 2. The lowest BCUT2D eigenvalue weighted by Crippen LogP contribution is -2.51. The summed E-state index contributed by atoms with van der Waals surface area (Å²) in [5, 5.41) is 5.95. The minimum atomic E-state index is -0.249. The van der Waals surface area contributed by atoms with E-state index in [0.717, 1.165) is 25.0 Å². The van der Waals surface area contributed by atoms with Crippen LogP contribution < -0.4 is 10.6 Å². The fourth-order valence-electron chi connectivity index (χ4n) is 3.84. The number of benzene rings is 1. The van der Waals surface area contributed by atoms with Crippen LogP contribution in [-0.2, 0) is 11.3 Å². The van der Waals surface area contributed by atoms with E-state index in [0.29, 0.717) is 26.2 Å². The number of carbonyl (C=O) groups is 2. The maximum atomic E-state index is 12.9. The number of hydrogen-bond acceptors (Lipinski definition) is 3. The highest BCUT2D eigenvalue weighted by atomic mass is 16.3. The number of urea groups is 1. The van der Waals surface area contributed by atoms with Crippen molar-refractivity contribution in [2.45, 2.75) is 45.6 Å². The van der Waals surface area contributed by atoms with E-state index in [1.54, 1.807) is 17.2 Å². The Balaban J connectivity index is 1.70. The Labute approximate surface area is 172 Å². The van der Waals surface area contributed by atoms with Gasteiger partial charge in [0.25, 0.3) is 0 Å².